The molecule has 0 saturated carbocycles. The molecular weight excluding hydrogens is 316 g/mol. The fourth-order valence-electron chi connectivity index (χ4n) is 1.56. The summed E-state index contributed by atoms with van der Waals surface area (Å²) in [5.41, 5.74) is 0.163. The normalized spacial score (nSPS) is 11.1. The van der Waals surface area contributed by atoms with Gasteiger partial charge in [0.15, 0.2) is 6.29 Å². The quantitative estimate of drug-likeness (QED) is 0.201. The number of para-hydroxylation sites is 1. The van der Waals surface area contributed by atoms with E-state index in [-0.39, 0.29) is 24.2 Å². The Morgan fingerprint density at radius 1 is 1.22 bits per heavy atom. The summed E-state index contributed by atoms with van der Waals surface area (Å²) in [6.45, 7) is -0.702. The van der Waals surface area contributed by atoms with Crippen molar-refractivity contribution in [2.45, 2.75) is 18.9 Å². The first-order chi connectivity index (χ1) is 10.9. The summed E-state index contributed by atoms with van der Waals surface area (Å²) in [5.74, 6) is -0.738. The van der Waals surface area contributed by atoms with Crippen LogP contribution in [-0.2, 0) is 14.5 Å². The largest absolute Gasteiger partial charge is 0.426 e. The van der Waals surface area contributed by atoms with E-state index < -0.39 is 28.9 Å². The highest BCUT2D eigenvalue weighted by Gasteiger charge is 2.18. The van der Waals surface area contributed by atoms with Crippen LogP contribution in [0.3, 0.4) is 0 Å². The molecule has 1 aromatic rings. The molecule has 0 aliphatic rings. The molecule has 23 heavy (non-hydrogen) atoms. The Bertz CT molecular complexity index is 590. The topological polar surface area (TPSA) is 148 Å². The van der Waals surface area contributed by atoms with Crippen LogP contribution in [0.15, 0.2) is 24.3 Å². The third-order valence-corrected chi connectivity index (χ3v) is 2.54. The first-order valence-corrected chi connectivity index (χ1v) is 6.25. The molecule has 0 N–H and O–H groups in total. The minimum atomic E-state index is -1.30. The zero-order valence-corrected chi connectivity index (χ0v) is 11.7. The summed E-state index contributed by atoms with van der Waals surface area (Å²) < 4.78 is 4.95. The number of ether oxygens (including phenoxy) is 1. The maximum Gasteiger partial charge on any atom is 0.311 e. The molecule has 0 fully saturated rings. The monoisotopic (exact) mass is 328 g/mol. The van der Waals surface area contributed by atoms with E-state index in [4.69, 9.17) is 4.74 Å². The van der Waals surface area contributed by atoms with Crippen LogP contribution in [0.5, 0.6) is 5.75 Å². The lowest BCUT2D eigenvalue weighted by atomic mass is 10.2. The highest BCUT2D eigenvalue weighted by atomic mass is 17.0. The molecule has 0 heterocycles. The van der Waals surface area contributed by atoms with Gasteiger partial charge in [0.05, 0.1) is 5.56 Å². The highest BCUT2D eigenvalue weighted by molar-refractivity contribution is 5.82. The minimum Gasteiger partial charge on any atom is -0.426 e. The molecule has 11 heteroatoms. The third kappa shape index (κ3) is 6.84. The molecule has 1 unspecified atom stereocenters. The standard InChI is InChI=1S/C12H12N2O9/c15-7-9-3-1-2-4-11(9)22-12(16)6-5-10(23-14(19)20)8-21-13(17)18/h1-4,7,10H,5-6,8H2. The number of esters is 1. The van der Waals surface area contributed by atoms with Gasteiger partial charge in [0.25, 0.3) is 10.2 Å². The third-order valence-electron chi connectivity index (χ3n) is 2.54. The second kappa shape index (κ2) is 8.92. The van der Waals surface area contributed by atoms with E-state index in [0.717, 1.165) is 0 Å². The Morgan fingerprint density at radius 3 is 2.52 bits per heavy atom. The average molecular weight is 328 g/mol. The van der Waals surface area contributed by atoms with E-state index in [0.29, 0.717) is 6.29 Å². The van der Waals surface area contributed by atoms with E-state index in [1.165, 1.54) is 12.1 Å². The number of nitrogens with zero attached hydrogens (tertiary/aromatic N) is 2. The number of carbonyl (C=O) groups is 2. The van der Waals surface area contributed by atoms with Gasteiger partial charge in [0, 0.05) is 6.42 Å². The van der Waals surface area contributed by atoms with E-state index in [1.54, 1.807) is 12.1 Å². The molecule has 0 aromatic heterocycles. The fraction of sp³-hybridized carbons (Fsp3) is 0.333. The molecule has 0 spiro atoms. The van der Waals surface area contributed by atoms with Crippen molar-refractivity contribution in [1.82, 2.24) is 0 Å². The van der Waals surface area contributed by atoms with Crippen LogP contribution in [-0.4, -0.2) is 35.1 Å². The summed E-state index contributed by atoms with van der Waals surface area (Å²) >= 11 is 0. The lowest BCUT2D eigenvalue weighted by Gasteiger charge is -2.13. The van der Waals surface area contributed by atoms with Gasteiger partial charge >= 0.3 is 5.97 Å². The molecule has 1 rings (SSSR count). The summed E-state index contributed by atoms with van der Waals surface area (Å²) in [4.78, 5) is 51.0. The number of hydrogen-bond donors (Lipinski definition) is 0. The van der Waals surface area contributed by atoms with Crippen LogP contribution in [0.25, 0.3) is 0 Å². The summed E-state index contributed by atoms with van der Waals surface area (Å²) in [7, 11) is 0. The molecule has 0 aliphatic heterocycles. The van der Waals surface area contributed by atoms with Crippen LogP contribution in [0.2, 0.25) is 0 Å². The van der Waals surface area contributed by atoms with Crippen molar-refractivity contribution in [3.8, 4) is 5.75 Å². The smallest absolute Gasteiger partial charge is 0.311 e. The van der Waals surface area contributed by atoms with Gasteiger partial charge in [-0.05, 0) is 18.6 Å². The van der Waals surface area contributed by atoms with Crippen LogP contribution < -0.4 is 4.74 Å². The van der Waals surface area contributed by atoms with Gasteiger partial charge in [-0.25, -0.2) is 0 Å². The molecule has 0 amide bonds. The van der Waals surface area contributed by atoms with Gasteiger partial charge in [-0.15, -0.1) is 20.2 Å². The van der Waals surface area contributed by atoms with Crippen molar-refractivity contribution in [1.29, 1.82) is 0 Å². The lowest BCUT2D eigenvalue weighted by Crippen LogP contribution is -2.26. The number of hydrogen-bond acceptors (Lipinski definition) is 9. The number of benzene rings is 1. The second-order valence-electron chi connectivity index (χ2n) is 4.14. The van der Waals surface area contributed by atoms with Crippen molar-refractivity contribution in [3.05, 3.63) is 50.1 Å². The molecule has 124 valence electrons. The highest BCUT2D eigenvalue weighted by Crippen LogP contribution is 2.17. The average Bonchev–Trinajstić information content (AvgIpc) is 2.50. The van der Waals surface area contributed by atoms with Crippen LogP contribution >= 0.6 is 0 Å². The first-order valence-electron chi connectivity index (χ1n) is 6.25. The zero-order chi connectivity index (χ0) is 17.2. The second-order valence-corrected chi connectivity index (χ2v) is 4.14. The van der Waals surface area contributed by atoms with Crippen molar-refractivity contribution in [3.63, 3.8) is 0 Å². The van der Waals surface area contributed by atoms with E-state index in [9.17, 15) is 29.8 Å². The number of carbonyl (C=O) groups excluding carboxylic acids is 2. The Balaban J connectivity index is 2.55. The summed E-state index contributed by atoms with van der Waals surface area (Å²) in [6, 6.07) is 5.98. The fourth-order valence-corrected chi connectivity index (χ4v) is 1.56. The summed E-state index contributed by atoms with van der Waals surface area (Å²) in [6.07, 6.45) is -1.36. The molecule has 0 aliphatic carbocycles. The molecule has 11 nitrogen and oxygen atoms in total. The van der Waals surface area contributed by atoms with Crippen LogP contribution in [0.1, 0.15) is 23.2 Å². The minimum absolute atomic E-state index is 0.0424. The molecule has 0 bridgehead atoms. The van der Waals surface area contributed by atoms with Gasteiger partial charge in [-0.2, -0.15) is 0 Å². The molecule has 1 aromatic carbocycles. The van der Waals surface area contributed by atoms with Crippen molar-refractivity contribution in [2.24, 2.45) is 0 Å². The SMILES string of the molecule is O=Cc1ccccc1OC(=O)CCC(CO[N+](=O)[O-])O[N+](=O)[O-]. The maximum absolute atomic E-state index is 11.7. The Hall–Kier alpha value is -3.24. The van der Waals surface area contributed by atoms with Crippen LogP contribution in [0, 0.1) is 20.2 Å². The van der Waals surface area contributed by atoms with Gasteiger partial charge in [-0.1, -0.05) is 12.1 Å². The predicted octanol–water partition coefficient (Wildman–Crippen LogP) is 0.970. The van der Waals surface area contributed by atoms with Crippen LogP contribution in [0.4, 0.5) is 0 Å². The molecular formula is C12H12N2O9. The number of rotatable bonds is 10. The Morgan fingerprint density at radius 2 is 1.91 bits per heavy atom. The summed E-state index contributed by atoms with van der Waals surface area (Å²) in [5, 5.41) is 18.1. The van der Waals surface area contributed by atoms with Crippen molar-refractivity contribution < 1.29 is 34.2 Å². The van der Waals surface area contributed by atoms with Gasteiger partial charge in [-0.3, -0.25) is 9.59 Å². The molecule has 0 saturated heterocycles. The van der Waals surface area contributed by atoms with Gasteiger partial charge in [0.2, 0.25) is 0 Å². The first kappa shape index (κ1) is 17.8. The van der Waals surface area contributed by atoms with Crippen molar-refractivity contribution in [2.75, 3.05) is 6.61 Å². The lowest BCUT2D eigenvalue weighted by molar-refractivity contribution is -0.790. The van der Waals surface area contributed by atoms with E-state index in [1.807, 2.05) is 0 Å². The predicted molar refractivity (Wildman–Crippen MR) is 71.5 cm³/mol. The van der Waals surface area contributed by atoms with E-state index >= 15 is 0 Å². The van der Waals surface area contributed by atoms with Gasteiger partial charge in [0.1, 0.15) is 18.5 Å². The van der Waals surface area contributed by atoms with E-state index in [2.05, 4.69) is 9.68 Å². The van der Waals surface area contributed by atoms with Gasteiger partial charge < -0.3 is 14.4 Å². The Labute approximate surface area is 128 Å². The molecule has 0 radical (unpaired) electrons. The zero-order valence-electron chi connectivity index (χ0n) is 11.7. The molecule has 1 atom stereocenters. The van der Waals surface area contributed by atoms with Crippen molar-refractivity contribution >= 4 is 12.3 Å². The maximum atomic E-state index is 11.7. The number of aldehydes is 1. The Kier molecular flexibility index (Phi) is 6.91.